The highest BCUT2D eigenvalue weighted by molar-refractivity contribution is 6.37. The maximum atomic E-state index is 14.6. The fourth-order valence-electron chi connectivity index (χ4n) is 7.95. The van der Waals surface area contributed by atoms with Crippen LogP contribution in [0.3, 0.4) is 0 Å². The van der Waals surface area contributed by atoms with Gasteiger partial charge in [-0.2, -0.15) is 0 Å². The SMILES string of the molecule is CC(C)(C)OC(=O)N1CC[C@H](NC(=O)N[C@H](C(=O)N2C[C@@H]3OC(C)(C)C[C@@H]3[C@H]2C(=O)NC(CC2CC2)C(=O)C(N)=O)C2CCCCC2)C1. The summed E-state index contributed by atoms with van der Waals surface area (Å²) in [7, 11) is 0. The van der Waals surface area contributed by atoms with Crippen LogP contribution in [-0.4, -0.2) is 107 Å². The average molecular weight is 675 g/mol. The number of amides is 6. The van der Waals surface area contributed by atoms with Crippen LogP contribution >= 0.6 is 0 Å². The Morgan fingerprint density at radius 2 is 1.65 bits per heavy atom. The molecule has 48 heavy (non-hydrogen) atoms. The summed E-state index contributed by atoms with van der Waals surface area (Å²) < 4.78 is 11.8. The molecule has 0 bridgehead atoms. The summed E-state index contributed by atoms with van der Waals surface area (Å²) in [6.07, 6.45) is 6.79. The highest BCUT2D eigenvalue weighted by Crippen LogP contribution is 2.44. The third-order valence-corrected chi connectivity index (χ3v) is 10.3. The van der Waals surface area contributed by atoms with Crippen molar-refractivity contribution in [2.45, 2.75) is 140 Å². The van der Waals surface area contributed by atoms with E-state index in [-0.39, 0.29) is 36.2 Å². The molecule has 14 nitrogen and oxygen atoms in total. The second-order valence-electron chi connectivity index (χ2n) is 16.1. The van der Waals surface area contributed by atoms with Gasteiger partial charge in [0.1, 0.15) is 17.7 Å². The van der Waals surface area contributed by atoms with Crippen molar-refractivity contribution in [2.75, 3.05) is 19.6 Å². The summed E-state index contributed by atoms with van der Waals surface area (Å²) in [5, 5.41) is 8.69. The molecule has 268 valence electrons. The van der Waals surface area contributed by atoms with Crippen LogP contribution in [0.5, 0.6) is 0 Å². The number of urea groups is 1. The number of hydrogen-bond acceptors (Lipinski definition) is 8. The third-order valence-electron chi connectivity index (χ3n) is 10.3. The Bertz CT molecular complexity index is 1270. The first-order valence-electron chi connectivity index (χ1n) is 17.7. The Morgan fingerprint density at radius 1 is 0.958 bits per heavy atom. The van der Waals surface area contributed by atoms with Crippen LogP contribution in [0.15, 0.2) is 0 Å². The van der Waals surface area contributed by atoms with Gasteiger partial charge in [0.2, 0.25) is 17.6 Å². The molecule has 14 heteroatoms. The topological polar surface area (TPSA) is 189 Å². The lowest BCUT2D eigenvalue weighted by molar-refractivity contribution is -0.144. The number of primary amides is 1. The minimum absolute atomic E-state index is 0.126. The number of rotatable bonds is 10. The second kappa shape index (κ2) is 14.2. The van der Waals surface area contributed by atoms with E-state index >= 15 is 0 Å². The molecule has 0 spiro atoms. The van der Waals surface area contributed by atoms with E-state index in [1.54, 1.807) is 25.7 Å². The fourth-order valence-corrected chi connectivity index (χ4v) is 7.95. The molecular formula is C34H54N6O8. The first kappa shape index (κ1) is 35.9. The van der Waals surface area contributed by atoms with E-state index in [4.69, 9.17) is 15.2 Å². The maximum absolute atomic E-state index is 14.6. The van der Waals surface area contributed by atoms with E-state index in [0.717, 1.165) is 44.9 Å². The van der Waals surface area contributed by atoms with Crippen molar-refractivity contribution in [3.05, 3.63) is 0 Å². The monoisotopic (exact) mass is 674 g/mol. The van der Waals surface area contributed by atoms with Crippen LogP contribution in [0, 0.1) is 17.8 Å². The summed E-state index contributed by atoms with van der Waals surface area (Å²) in [5.74, 6) is -3.05. The van der Waals surface area contributed by atoms with Crippen molar-refractivity contribution in [1.82, 2.24) is 25.8 Å². The van der Waals surface area contributed by atoms with Crippen LogP contribution in [0.4, 0.5) is 9.59 Å². The van der Waals surface area contributed by atoms with Crippen molar-refractivity contribution in [3.8, 4) is 0 Å². The number of nitrogens with zero attached hydrogens (tertiary/aromatic N) is 2. The molecule has 6 atom stereocenters. The van der Waals surface area contributed by atoms with E-state index in [2.05, 4.69) is 16.0 Å². The number of ketones is 1. The zero-order valence-electron chi connectivity index (χ0n) is 29.0. The molecule has 2 saturated carbocycles. The minimum atomic E-state index is -1.10. The fraction of sp³-hybridized carbons (Fsp3) is 0.824. The molecule has 5 aliphatic rings. The standard InChI is InChI=1S/C34H54N6O8/c1-33(2,3)48-32(46)39-14-13-21(17-39)36-31(45)38-25(20-9-7-6-8-10-20)30(44)40-18-24-22(16-34(4,5)47-24)26(40)29(43)37-23(15-19-11-12-19)27(41)28(35)42/h19-26H,6-18H2,1-5H3,(H2,35,42)(H,37,43)(H2,36,38,45)/t21-,22-,23?,24-,25-,26-/m0/s1. The van der Waals surface area contributed by atoms with Crippen molar-refractivity contribution >= 4 is 35.6 Å². The van der Waals surface area contributed by atoms with Gasteiger partial charge in [0, 0.05) is 31.6 Å². The van der Waals surface area contributed by atoms with Crippen LogP contribution in [-0.2, 0) is 28.7 Å². The number of carbonyl (C=O) groups excluding carboxylic acids is 6. The lowest BCUT2D eigenvalue weighted by Gasteiger charge is -2.36. The smallest absolute Gasteiger partial charge is 0.410 e. The third kappa shape index (κ3) is 8.78. The Balaban J connectivity index is 1.32. The number of hydrogen-bond donors (Lipinski definition) is 4. The summed E-state index contributed by atoms with van der Waals surface area (Å²) in [6.45, 7) is 10.2. The molecule has 1 unspecified atom stereocenters. The Labute approximate surface area is 282 Å². The first-order valence-corrected chi connectivity index (χ1v) is 17.7. The predicted octanol–water partition coefficient (Wildman–Crippen LogP) is 1.98. The van der Waals surface area contributed by atoms with Gasteiger partial charge < -0.3 is 41.0 Å². The van der Waals surface area contributed by atoms with E-state index in [1.807, 2.05) is 13.8 Å². The number of fused-ring (bicyclic) bond motifs is 1. The highest BCUT2D eigenvalue weighted by Gasteiger charge is 2.56. The van der Waals surface area contributed by atoms with Gasteiger partial charge in [-0.15, -0.1) is 0 Å². The zero-order valence-corrected chi connectivity index (χ0v) is 29.0. The molecular weight excluding hydrogens is 620 g/mol. The van der Waals surface area contributed by atoms with Gasteiger partial charge in [0.25, 0.3) is 5.91 Å². The quantitative estimate of drug-likeness (QED) is 0.253. The number of ether oxygens (including phenoxy) is 2. The number of Topliss-reactive ketones (excluding diaryl/α,β-unsaturated/α-hetero) is 1. The van der Waals surface area contributed by atoms with Gasteiger partial charge in [-0.3, -0.25) is 19.2 Å². The van der Waals surface area contributed by atoms with E-state index in [9.17, 15) is 28.8 Å². The van der Waals surface area contributed by atoms with E-state index in [1.165, 1.54) is 4.90 Å². The van der Waals surface area contributed by atoms with E-state index in [0.29, 0.717) is 32.4 Å². The largest absolute Gasteiger partial charge is 0.444 e. The number of nitrogens with one attached hydrogen (secondary N) is 3. The number of carbonyl (C=O) groups is 6. The predicted molar refractivity (Wildman–Crippen MR) is 174 cm³/mol. The summed E-state index contributed by atoms with van der Waals surface area (Å²) >= 11 is 0. The van der Waals surface area contributed by atoms with Gasteiger partial charge >= 0.3 is 12.1 Å². The maximum Gasteiger partial charge on any atom is 0.410 e. The Hall–Kier alpha value is -3.42. The first-order chi connectivity index (χ1) is 22.5. The van der Waals surface area contributed by atoms with Crippen molar-refractivity contribution in [1.29, 1.82) is 0 Å². The molecule has 5 rings (SSSR count). The van der Waals surface area contributed by atoms with Gasteiger partial charge in [-0.1, -0.05) is 32.1 Å². The Kier molecular flexibility index (Phi) is 10.6. The molecule has 3 saturated heterocycles. The second-order valence-corrected chi connectivity index (χ2v) is 16.1. The molecule has 3 aliphatic heterocycles. The van der Waals surface area contributed by atoms with Crippen molar-refractivity contribution in [2.24, 2.45) is 23.5 Å². The molecule has 0 aromatic carbocycles. The lowest BCUT2D eigenvalue weighted by Crippen LogP contribution is -2.60. The molecule has 0 aromatic rings. The van der Waals surface area contributed by atoms with Crippen molar-refractivity contribution in [3.63, 3.8) is 0 Å². The number of likely N-dealkylation sites (tertiary alicyclic amines) is 2. The van der Waals surface area contributed by atoms with Gasteiger partial charge in [0.05, 0.1) is 17.7 Å². The van der Waals surface area contributed by atoms with Crippen LogP contribution in [0.25, 0.3) is 0 Å². The van der Waals surface area contributed by atoms with Crippen LogP contribution in [0.1, 0.15) is 98.8 Å². The Morgan fingerprint density at radius 3 is 2.27 bits per heavy atom. The van der Waals surface area contributed by atoms with E-state index < -0.39 is 65.2 Å². The van der Waals surface area contributed by atoms with Crippen LogP contribution in [0.2, 0.25) is 0 Å². The average Bonchev–Trinajstić information content (AvgIpc) is 3.44. The summed E-state index contributed by atoms with van der Waals surface area (Å²) in [5.41, 5.74) is 4.20. The van der Waals surface area contributed by atoms with Crippen LogP contribution < -0.4 is 21.7 Å². The number of nitrogens with two attached hydrogens (primary N) is 1. The molecule has 2 aliphatic carbocycles. The molecule has 3 heterocycles. The summed E-state index contributed by atoms with van der Waals surface area (Å²) in [4.78, 5) is 82.3. The van der Waals surface area contributed by atoms with Gasteiger partial charge in [-0.25, -0.2) is 9.59 Å². The summed E-state index contributed by atoms with van der Waals surface area (Å²) in [6, 6.07) is -3.71. The molecule has 0 aromatic heterocycles. The molecule has 5 N–H and O–H groups in total. The van der Waals surface area contributed by atoms with Crippen molar-refractivity contribution < 1.29 is 38.2 Å². The molecule has 5 fully saturated rings. The van der Waals surface area contributed by atoms with Gasteiger partial charge in [0.15, 0.2) is 0 Å². The lowest BCUT2D eigenvalue weighted by atomic mass is 9.83. The van der Waals surface area contributed by atoms with Gasteiger partial charge in [-0.05, 0) is 78.6 Å². The molecule has 6 amide bonds. The highest BCUT2D eigenvalue weighted by atomic mass is 16.6. The minimum Gasteiger partial charge on any atom is -0.444 e. The molecule has 0 radical (unpaired) electrons. The zero-order chi connectivity index (χ0) is 35.0. The normalized spacial score (nSPS) is 28.3.